The first-order valence-corrected chi connectivity index (χ1v) is 13.1. The number of nitrogen functional groups attached to an aromatic ring is 1. The van der Waals surface area contributed by atoms with Crippen molar-refractivity contribution in [3.05, 3.63) is 35.2 Å². The number of hydrogen-bond acceptors (Lipinski definition) is 7. The van der Waals surface area contributed by atoms with Crippen LogP contribution in [0.3, 0.4) is 0 Å². The van der Waals surface area contributed by atoms with Crippen LogP contribution in [0.15, 0.2) is 28.5 Å². The van der Waals surface area contributed by atoms with Crippen molar-refractivity contribution >= 4 is 38.8 Å². The van der Waals surface area contributed by atoms with Crippen LogP contribution in [-0.2, 0) is 29.4 Å². The lowest BCUT2D eigenvalue weighted by Crippen LogP contribution is -2.33. The first kappa shape index (κ1) is 22.9. The number of nitrogens with zero attached hydrogens (tertiary/aromatic N) is 4. The largest absolute Gasteiger partial charge is 0.382 e. The van der Waals surface area contributed by atoms with Gasteiger partial charge in [-0.25, -0.2) is 32.5 Å². The number of rotatable bonds is 8. The zero-order valence-corrected chi connectivity index (χ0v) is 19.9. The van der Waals surface area contributed by atoms with Crippen molar-refractivity contribution in [2.24, 2.45) is 0 Å². The molecule has 1 atom stereocenters. The van der Waals surface area contributed by atoms with E-state index in [0.717, 1.165) is 34.4 Å². The number of alkyl halides is 1. The Labute approximate surface area is 191 Å². The molecule has 0 aliphatic heterocycles. The molecule has 4 rings (SSSR count). The van der Waals surface area contributed by atoms with E-state index in [2.05, 4.69) is 32.7 Å². The Hall–Kier alpha value is -2.24. The van der Waals surface area contributed by atoms with Crippen molar-refractivity contribution in [2.75, 3.05) is 11.5 Å². The molecule has 8 nitrogen and oxygen atoms in total. The molecule has 172 valence electrons. The van der Waals surface area contributed by atoms with Crippen molar-refractivity contribution in [1.29, 1.82) is 0 Å². The predicted octanol–water partition coefficient (Wildman–Crippen LogP) is 3.41. The second kappa shape index (κ2) is 8.95. The molecule has 1 aliphatic rings. The van der Waals surface area contributed by atoms with Crippen LogP contribution in [0.2, 0.25) is 0 Å². The average molecular weight is 479 g/mol. The molecule has 3 N–H and O–H groups in total. The minimum Gasteiger partial charge on any atom is -0.382 e. The highest BCUT2D eigenvalue weighted by atomic mass is 32.2. The summed E-state index contributed by atoms with van der Waals surface area (Å²) in [6.07, 6.45) is 2.44. The average Bonchev–Trinajstić information content (AvgIpc) is 3.26. The number of sulfonamides is 1. The fraction of sp³-hybridized carbons (Fsp3) is 0.476. The quantitative estimate of drug-likeness (QED) is 0.510. The molecule has 1 unspecified atom stereocenters. The summed E-state index contributed by atoms with van der Waals surface area (Å²) in [4.78, 5) is 13.8. The Balaban J connectivity index is 1.74. The first-order valence-electron chi connectivity index (χ1n) is 10.6. The molecule has 0 saturated carbocycles. The smallest absolute Gasteiger partial charge is 0.213 e. The molecule has 0 spiro atoms. The van der Waals surface area contributed by atoms with E-state index >= 15 is 0 Å². The van der Waals surface area contributed by atoms with E-state index in [0.29, 0.717) is 22.7 Å². The molecule has 0 fully saturated rings. The minimum absolute atomic E-state index is 0.133. The number of fused-ring (bicyclic) bond motifs is 2. The SMILES string of the molecule is CCc1cc2c(cc1Sc1nc3c(N)ncnc3n1CCS(=O)(=O)NC(C)C)C(F)CC2. The maximum absolute atomic E-state index is 14.4. The van der Waals surface area contributed by atoms with Gasteiger partial charge >= 0.3 is 0 Å². The van der Waals surface area contributed by atoms with Crippen LogP contribution in [0.5, 0.6) is 0 Å². The van der Waals surface area contributed by atoms with Crippen molar-refractivity contribution < 1.29 is 12.8 Å². The number of benzene rings is 1. The normalized spacial score (nSPS) is 16.2. The molecule has 0 radical (unpaired) electrons. The lowest BCUT2D eigenvalue weighted by molar-refractivity contribution is 0.343. The lowest BCUT2D eigenvalue weighted by atomic mass is 10.0. The van der Waals surface area contributed by atoms with E-state index in [1.807, 2.05) is 6.07 Å². The topological polar surface area (TPSA) is 116 Å². The molecule has 32 heavy (non-hydrogen) atoms. The maximum atomic E-state index is 14.4. The first-order chi connectivity index (χ1) is 15.2. The van der Waals surface area contributed by atoms with E-state index in [9.17, 15) is 12.8 Å². The van der Waals surface area contributed by atoms with Gasteiger partial charge in [-0.1, -0.05) is 24.8 Å². The molecule has 2 aromatic heterocycles. The maximum Gasteiger partial charge on any atom is 0.213 e. The minimum atomic E-state index is -3.49. The lowest BCUT2D eigenvalue weighted by Gasteiger charge is -2.14. The Bertz CT molecular complexity index is 1260. The molecular weight excluding hydrogens is 451 g/mol. The van der Waals surface area contributed by atoms with Gasteiger partial charge in [0.25, 0.3) is 0 Å². The van der Waals surface area contributed by atoms with Gasteiger partial charge in [-0.15, -0.1) is 0 Å². The van der Waals surface area contributed by atoms with Crippen molar-refractivity contribution in [3.63, 3.8) is 0 Å². The highest BCUT2D eigenvalue weighted by Gasteiger charge is 2.25. The Kier molecular flexibility index (Phi) is 6.42. The van der Waals surface area contributed by atoms with Gasteiger partial charge in [-0.2, -0.15) is 0 Å². The summed E-state index contributed by atoms with van der Waals surface area (Å²) >= 11 is 1.38. The monoisotopic (exact) mass is 478 g/mol. The Morgan fingerprint density at radius 2 is 2.12 bits per heavy atom. The molecule has 0 bridgehead atoms. The van der Waals surface area contributed by atoms with E-state index < -0.39 is 16.2 Å². The number of halogens is 1. The van der Waals surface area contributed by atoms with Crippen LogP contribution in [0.4, 0.5) is 10.2 Å². The summed E-state index contributed by atoms with van der Waals surface area (Å²) in [6, 6.07) is 3.79. The van der Waals surface area contributed by atoms with Crippen LogP contribution < -0.4 is 10.5 Å². The summed E-state index contributed by atoms with van der Waals surface area (Å²) in [5.74, 6) is 0.0955. The van der Waals surface area contributed by atoms with Crippen LogP contribution in [-0.4, -0.2) is 39.7 Å². The number of nitrogens with two attached hydrogens (primary N) is 1. The van der Waals surface area contributed by atoms with Crippen molar-refractivity contribution in [1.82, 2.24) is 24.2 Å². The second-order valence-electron chi connectivity index (χ2n) is 8.19. The molecule has 0 amide bonds. The van der Waals surface area contributed by atoms with Gasteiger partial charge in [0.05, 0.1) is 5.75 Å². The fourth-order valence-electron chi connectivity index (χ4n) is 3.95. The number of aromatic nitrogens is 4. The van der Waals surface area contributed by atoms with E-state index in [1.165, 1.54) is 18.1 Å². The summed E-state index contributed by atoms with van der Waals surface area (Å²) < 4.78 is 43.6. The standard InChI is InChI=1S/C21H27FN6O2S2/c1-4-13-9-14-5-6-16(22)15(14)10-17(13)31-21-26-18-19(23)24-11-25-20(18)28(21)7-8-32(29,30)27-12(2)3/h9-12,16,27H,4-8H2,1-3H3,(H2,23,24,25). The van der Waals surface area contributed by atoms with Crippen LogP contribution >= 0.6 is 11.8 Å². The zero-order valence-electron chi connectivity index (χ0n) is 18.3. The fourth-order valence-corrected chi connectivity index (χ4v) is 6.35. The predicted molar refractivity (Wildman–Crippen MR) is 124 cm³/mol. The van der Waals surface area contributed by atoms with Crippen LogP contribution in [0, 0.1) is 0 Å². The van der Waals surface area contributed by atoms with Crippen LogP contribution in [0.1, 0.15) is 50.1 Å². The van der Waals surface area contributed by atoms with E-state index in [1.54, 1.807) is 18.4 Å². The Morgan fingerprint density at radius 1 is 1.34 bits per heavy atom. The molecule has 3 aromatic rings. The van der Waals surface area contributed by atoms with Gasteiger partial charge in [0.15, 0.2) is 22.1 Å². The third kappa shape index (κ3) is 4.60. The van der Waals surface area contributed by atoms with Gasteiger partial charge in [-0.3, -0.25) is 0 Å². The summed E-state index contributed by atoms with van der Waals surface area (Å²) in [6.45, 7) is 5.76. The summed E-state index contributed by atoms with van der Waals surface area (Å²) in [5.41, 5.74) is 9.81. The molecular formula is C21H27FN6O2S2. The highest BCUT2D eigenvalue weighted by molar-refractivity contribution is 7.99. The number of aryl methyl sites for hydroxylation is 3. The highest BCUT2D eigenvalue weighted by Crippen LogP contribution is 2.41. The number of hydrogen-bond donors (Lipinski definition) is 2. The van der Waals surface area contributed by atoms with Gasteiger partial charge < -0.3 is 10.3 Å². The molecule has 0 saturated heterocycles. The van der Waals surface area contributed by atoms with E-state index in [-0.39, 0.29) is 24.2 Å². The molecule has 1 aromatic carbocycles. The van der Waals surface area contributed by atoms with Gasteiger partial charge in [0, 0.05) is 17.5 Å². The Morgan fingerprint density at radius 3 is 2.84 bits per heavy atom. The zero-order chi connectivity index (χ0) is 23.0. The molecule has 1 aliphatic carbocycles. The van der Waals surface area contributed by atoms with Crippen LogP contribution in [0.25, 0.3) is 11.2 Å². The second-order valence-corrected chi connectivity index (χ2v) is 11.1. The third-order valence-corrected chi connectivity index (χ3v) is 8.08. The molecule has 11 heteroatoms. The molecule has 2 heterocycles. The third-order valence-electron chi connectivity index (χ3n) is 5.43. The summed E-state index contributed by atoms with van der Waals surface area (Å²) in [5, 5.41) is 0.551. The number of anilines is 1. The van der Waals surface area contributed by atoms with Crippen molar-refractivity contribution in [2.45, 2.75) is 68.8 Å². The van der Waals surface area contributed by atoms with Gasteiger partial charge in [0.2, 0.25) is 10.0 Å². The van der Waals surface area contributed by atoms with Gasteiger partial charge in [-0.05, 0) is 55.9 Å². The van der Waals surface area contributed by atoms with Gasteiger partial charge in [0.1, 0.15) is 12.5 Å². The van der Waals surface area contributed by atoms with Crippen molar-refractivity contribution in [3.8, 4) is 0 Å². The number of nitrogens with one attached hydrogen (secondary N) is 1. The summed E-state index contributed by atoms with van der Waals surface area (Å²) in [7, 11) is -3.49. The number of imidazole rings is 1. The van der Waals surface area contributed by atoms with E-state index in [4.69, 9.17) is 5.73 Å².